The van der Waals surface area contributed by atoms with E-state index in [9.17, 15) is 4.79 Å². The molecule has 1 heterocycles. The normalized spacial score (nSPS) is 10.1. The van der Waals surface area contributed by atoms with Gasteiger partial charge in [0.1, 0.15) is 18.2 Å². The topological polar surface area (TPSA) is 91.4 Å². The summed E-state index contributed by atoms with van der Waals surface area (Å²) in [5.41, 5.74) is 0. The molecule has 0 aliphatic heterocycles. The summed E-state index contributed by atoms with van der Waals surface area (Å²) < 4.78 is 5.06. The highest BCUT2D eigenvalue weighted by Gasteiger charge is 2.05. The van der Waals surface area contributed by atoms with Gasteiger partial charge in [-0.3, -0.25) is 0 Å². The fourth-order valence-corrected chi connectivity index (χ4v) is 1.57. The Morgan fingerprint density at radius 3 is 2.48 bits per heavy atom. The third-order valence-corrected chi connectivity index (χ3v) is 2.52. The van der Waals surface area contributed by atoms with Crippen LogP contribution >= 0.6 is 0 Å². The van der Waals surface area contributed by atoms with E-state index in [1.807, 2.05) is 13.0 Å². The van der Waals surface area contributed by atoms with Crippen LogP contribution in [0.25, 0.3) is 0 Å². The monoisotopic (exact) mass is 296 g/mol. The Morgan fingerprint density at radius 1 is 1.24 bits per heavy atom. The predicted octanol–water partition coefficient (Wildman–Crippen LogP) is 0.738. The van der Waals surface area contributed by atoms with Crippen molar-refractivity contribution in [1.29, 1.82) is 0 Å². The number of anilines is 2. The van der Waals surface area contributed by atoms with Crippen molar-refractivity contribution in [2.45, 2.75) is 13.5 Å². The molecule has 8 heteroatoms. The van der Waals surface area contributed by atoms with Gasteiger partial charge >= 0.3 is 6.03 Å². The van der Waals surface area contributed by atoms with Crippen molar-refractivity contribution in [2.75, 3.05) is 51.5 Å². The van der Waals surface area contributed by atoms with E-state index in [0.29, 0.717) is 31.3 Å². The van der Waals surface area contributed by atoms with E-state index in [-0.39, 0.29) is 6.03 Å². The summed E-state index contributed by atoms with van der Waals surface area (Å²) in [6, 6.07) is 1.71. The Morgan fingerprint density at radius 2 is 1.90 bits per heavy atom. The molecule has 1 aromatic heterocycles. The van der Waals surface area contributed by atoms with Crippen molar-refractivity contribution in [3.8, 4) is 0 Å². The van der Waals surface area contributed by atoms with Crippen LogP contribution in [-0.2, 0) is 11.3 Å². The lowest BCUT2D eigenvalue weighted by Crippen LogP contribution is -2.37. The van der Waals surface area contributed by atoms with Crippen LogP contribution in [0.15, 0.2) is 6.07 Å². The van der Waals surface area contributed by atoms with Crippen molar-refractivity contribution in [3.63, 3.8) is 0 Å². The Kier molecular flexibility index (Phi) is 7.24. The van der Waals surface area contributed by atoms with E-state index in [4.69, 9.17) is 4.74 Å². The molecule has 3 N–H and O–H groups in total. The molecule has 0 spiro atoms. The Bertz CT molecular complexity index is 428. The van der Waals surface area contributed by atoms with E-state index in [1.165, 1.54) is 4.90 Å². The second-order valence-electron chi connectivity index (χ2n) is 4.57. The minimum absolute atomic E-state index is 0.118. The van der Waals surface area contributed by atoms with E-state index in [0.717, 1.165) is 12.4 Å². The number of carbonyl (C=O) groups excluding carboxylic acids is 1. The molecule has 0 unspecified atom stereocenters. The van der Waals surface area contributed by atoms with Crippen LogP contribution in [-0.4, -0.2) is 61.7 Å². The number of aromatic nitrogens is 2. The molecular formula is C13H24N6O2. The third-order valence-electron chi connectivity index (χ3n) is 2.52. The van der Waals surface area contributed by atoms with Crippen molar-refractivity contribution >= 4 is 17.7 Å². The molecule has 1 aromatic rings. The average molecular weight is 296 g/mol. The predicted molar refractivity (Wildman–Crippen MR) is 82.5 cm³/mol. The molecule has 0 fully saturated rings. The lowest BCUT2D eigenvalue weighted by molar-refractivity contribution is 0.178. The van der Waals surface area contributed by atoms with Gasteiger partial charge in [0.15, 0.2) is 5.82 Å². The molecule has 0 aromatic carbocycles. The molecule has 21 heavy (non-hydrogen) atoms. The maximum absolute atomic E-state index is 11.4. The largest absolute Gasteiger partial charge is 0.377 e. The number of rotatable bonds is 8. The lowest BCUT2D eigenvalue weighted by atomic mass is 10.4. The van der Waals surface area contributed by atoms with Crippen molar-refractivity contribution in [2.24, 2.45) is 0 Å². The molecule has 2 amide bonds. The minimum Gasteiger partial charge on any atom is -0.377 e. The van der Waals surface area contributed by atoms with Gasteiger partial charge in [0.05, 0.1) is 0 Å². The highest BCUT2D eigenvalue weighted by Crippen LogP contribution is 2.11. The van der Waals surface area contributed by atoms with Gasteiger partial charge < -0.3 is 25.6 Å². The van der Waals surface area contributed by atoms with Crippen LogP contribution < -0.4 is 16.0 Å². The summed E-state index contributed by atoms with van der Waals surface area (Å²) in [5, 5.41) is 9.08. The zero-order valence-corrected chi connectivity index (χ0v) is 13.1. The quantitative estimate of drug-likeness (QED) is 0.613. The van der Waals surface area contributed by atoms with Gasteiger partial charge in [0, 0.05) is 46.9 Å². The molecule has 1 rings (SSSR count). The number of nitrogens with one attached hydrogen (secondary N) is 3. The van der Waals surface area contributed by atoms with Crippen LogP contribution in [0.4, 0.5) is 16.4 Å². The minimum atomic E-state index is -0.118. The molecule has 0 bridgehead atoms. The van der Waals surface area contributed by atoms with E-state index in [2.05, 4.69) is 25.9 Å². The van der Waals surface area contributed by atoms with Crippen LogP contribution in [0.3, 0.4) is 0 Å². The number of amides is 2. The van der Waals surface area contributed by atoms with Crippen molar-refractivity contribution < 1.29 is 9.53 Å². The molecular weight excluding hydrogens is 272 g/mol. The number of hydrogen-bond donors (Lipinski definition) is 3. The zero-order chi connectivity index (χ0) is 15.7. The highest BCUT2D eigenvalue weighted by molar-refractivity contribution is 5.73. The fraction of sp³-hybridized carbons (Fsp3) is 0.615. The van der Waals surface area contributed by atoms with Gasteiger partial charge in [-0.15, -0.1) is 0 Å². The number of nitrogens with zero attached hydrogens (tertiary/aromatic N) is 3. The summed E-state index contributed by atoms with van der Waals surface area (Å²) >= 11 is 0. The van der Waals surface area contributed by atoms with Crippen LogP contribution in [0.2, 0.25) is 0 Å². The summed E-state index contributed by atoms with van der Waals surface area (Å²) in [5.74, 6) is 2.06. The second-order valence-corrected chi connectivity index (χ2v) is 4.57. The number of carbonyl (C=O) groups is 1. The van der Waals surface area contributed by atoms with Crippen LogP contribution in [0.5, 0.6) is 0 Å². The van der Waals surface area contributed by atoms with Gasteiger partial charge in [0.2, 0.25) is 0 Å². The summed E-state index contributed by atoms with van der Waals surface area (Å²) in [6.07, 6.45) is 0. The van der Waals surface area contributed by atoms with Gasteiger partial charge in [0.25, 0.3) is 0 Å². The molecule has 0 saturated heterocycles. The summed E-state index contributed by atoms with van der Waals surface area (Å²) in [4.78, 5) is 21.5. The first kappa shape index (κ1) is 17.0. The van der Waals surface area contributed by atoms with Crippen LogP contribution in [0.1, 0.15) is 12.7 Å². The van der Waals surface area contributed by atoms with E-state index >= 15 is 0 Å². The van der Waals surface area contributed by atoms with Gasteiger partial charge in [-0.25, -0.2) is 14.8 Å². The third kappa shape index (κ3) is 6.26. The number of hydrogen-bond acceptors (Lipinski definition) is 6. The maximum atomic E-state index is 11.4. The van der Waals surface area contributed by atoms with E-state index in [1.54, 1.807) is 21.2 Å². The number of ether oxygens (including phenoxy) is 1. The van der Waals surface area contributed by atoms with Crippen molar-refractivity contribution in [1.82, 2.24) is 20.2 Å². The standard InChI is InChI=1S/C13H24N6O2/c1-5-14-10-8-11(18-12(17-10)9-21-4)15-6-7-16-13(20)19(2)3/h8H,5-7,9H2,1-4H3,(H,16,20)(H2,14,15,17,18). The molecule has 0 aliphatic rings. The van der Waals surface area contributed by atoms with Gasteiger partial charge in [-0.05, 0) is 6.92 Å². The van der Waals surface area contributed by atoms with Crippen LogP contribution in [0, 0.1) is 0 Å². The van der Waals surface area contributed by atoms with E-state index < -0.39 is 0 Å². The highest BCUT2D eigenvalue weighted by atomic mass is 16.5. The first-order valence-corrected chi connectivity index (χ1v) is 6.86. The van der Waals surface area contributed by atoms with Gasteiger partial charge in [-0.2, -0.15) is 0 Å². The molecule has 0 aliphatic carbocycles. The molecule has 0 saturated carbocycles. The molecule has 8 nitrogen and oxygen atoms in total. The molecule has 0 atom stereocenters. The number of methoxy groups -OCH3 is 1. The SMILES string of the molecule is CCNc1cc(NCCNC(=O)N(C)C)nc(COC)n1. The Balaban J connectivity index is 2.54. The maximum Gasteiger partial charge on any atom is 0.316 e. The second kappa shape index (κ2) is 8.96. The molecule has 118 valence electrons. The number of urea groups is 1. The molecule has 0 radical (unpaired) electrons. The average Bonchev–Trinajstić information content (AvgIpc) is 2.44. The Labute approximate surface area is 125 Å². The smallest absolute Gasteiger partial charge is 0.316 e. The Hall–Kier alpha value is -2.09. The summed E-state index contributed by atoms with van der Waals surface area (Å²) in [6.45, 7) is 4.22. The van der Waals surface area contributed by atoms with Gasteiger partial charge in [-0.1, -0.05) is 0 Å². The zero-order valence-electron chi connectivity index (χ0n) is 13.1. The first-order valence-electron chi connectivity index (χ1n) is 6.86. The fourth-order valence-electron chi connectivity index (χ4n) is 1.57. The lowest BCUT2D eigenvalue weighted by Gasteiger charge is -2.13. The first-order chi connectivity index (χ1) is 10.1. The summed E-state index contributed by atoms with van der Waals surface area (Å²) in [7, 11) is 5.01. The van der Waals surface area contributed by atoms with Crippen molar-refractivity contribution in [3.05, 3.63) is 11.9 Å².